The van der Waals surface area contributed by atoms with Gasteiger partial charge in [-0.05, 0) is 81.3 Å². The van der Waals surface area contributed by atoms with Gasteiger partial charge in [-0.15, -0.1) is 11.3 Å². The van der Waals surface area contributed by atoms with Crippen LogP contribution in [0.4, 0.5) is 28.8 Å². The summed E-state index contributed by atoms with van der Waals surface area (Å²) in [4.78, 5) is 65.6. The van der Waals surface area contributed by atoms with Crippen molar-refractivity contribution in [3.8, 4) is 16.2 Å². The van der Waals surface area contributed by atoms with Crippen LogP contribution >= 0.6 is 30.1 Å². The van der Waals surface area contributed by atoms with Crippen molar-refractivity contribution in [3.63, 3.8) is 0 Å². The number of piperazine rings is 1. The zero-order chi connectivity index (χ0) is 53.8. The first-order valence-corrected chi connectivity index (χ1v) is 29.7. The number of β-amino-alcohol motifs (C(OH)–C–C–N with tert-alkyl or cyclic N) is 1. The van der Waals surface area contributed by atoms with Gasteiger partial charge >= 0.3 is 0 Å². The molecule has 0 spiro atoms. The molecule has 3 amide bonds. The smallest absolute Gasteiger partial charge is 0.243 e. The maximum atomic E-state index is 14.4. The normalized spacial score (nSPS) is 18.4. The van der Waals surface area contributed by atoms with E-state index >= 15 is 0 Å². The van der Waals surface area contributed by atoms with E-state index in [1.165, 1.54) is 11.1 Å². The minimum atomic E-state index is -2.58. The molecule has 3 aliphatic rings. The van der Waals surface area contributed by atoms with Crippen LogP contribution in [0.3, 0.4) is 0 Å². The summed E-state index contributed by atoms with van der Waals surface area (Å²) in [6.45, 7) is 15.3. The number of hydrogen-bond acceptors (Lipinski definition) is 16. The first-order chi connectivity index (χ1) is 36.4. The Hall–Kier alpha value is -6.37. The number of nitrogens with zero attached hydrogens (tertiary/aromatic N) is 8. The zero-order valence-electron chi connectivity index (χ0n) is 44.0. The third kappa shape index (κ3) is 12.4. The standard InChI is InChI=1S/C55H67ClN11O7PS/c1-33(2)50(47-26-34(3)63-74-47)54(71)67-31-40(68)28-45(67)53(70)60-44(36-12-14-37(15-13-36)51-35(4)58-32-76-51)29-49(69)66-24-22-65(23-25-66)38-18-20-64(21-19-38)39-16-17-42(46(27-39)73-5)61-55-57-30-41(56)52(62-55)59-43-10-8-9-11-48(43)75(6,7)72/h8-17,26-27,30,32-33,38,40,44-45,50,68H,18-25,28-29,31H2,1-7H3,(H,60,70)(H2,57,59,61,62)/t40-,44+,45+,50?/m1/s1. The molecular formula is C55H67ClN11O7PS. The summed E-state index contributed by atoms with van der Waals surface area (Å²) in [6, 6.07) is 21.8. The van der Waals surface area contributed by atoms with Gasteiger partial charge in [0.15, 0.2) is 5.82 Å². The molecule has 3 aliphatic heterocycles. The third-order valence-corrected chi connectivity index (χ3v) is 17.5. The van der Waals surface area contributed by atoms with E-state index in [0.29, 0.717) is 69.8 Å². The highest BCUT2D eigenvalue weighted by atomic mass is 35.5. The van der Waals surface area contributed by atoms with Crippen molar-refractivity contribution in [2.45, 2.75) is 83.5 Å². The van der Waals surface area contributed by atoms with Crippen LogP contribution in [0.25, 0.3) is 10.4 Å². The lowest BCUT2D eigenvalue weighted by Crippen LogP contribution is -2.54. The van der Waals surface area contributed by atoms with Gasteiger partial charge in [-0.25, -0.2) is 9.97 Å². The van der Waals surface area contributed by atoms with E-state index in [1.54, 1.807) is 44.8 Å². The molecule has 0 aliphatic carbocycles. The average molecular weight is 1090 g/mol. The van der Waals surface area contributed by atoms with Gasteiger partial charge in [-0.1, -0.05) is 67.0 Å². The highest BCUT2D eigenvalue weighted by Crippen LogP contribution is 2.40. The fourth-order valence-corrected chi connectivity index (χ4v) is 12.7. The Morgan fingerprint density at radius 3 is 2.33 bits per heavy atom. The van der Waals surface area contributed by atoms with Gasteiger partial charge in [0.2, 0.25) is 23.7 Å². The summed E-state index contributed by atoms with van der Waals surface area (Å²) >= 11 is 8.07. The SMILES string of the molecule is COc1cc(N2CCC(N3CCN(C(=O)C[C@H](NC(=O)[C@@H]4C[C@@H](O)CN4C(=O)C(c4cc(C)no4)C(C)C)c4ccc(-c5scnc5C)cc4)CC3)CC2)ccc1Nc1ncc(Cl)c(Nc2ccccc2P(C)(C)=O)n1. The molecule has 402 valence electrons. The predicted octanol–water partition coefficient (Wildman–Crippen LogP) is 8.36. The monoisotopic (exact) mass is 1090 g/mol. The number of carbonyl (C=O) groups is 3. The molecule has 6 heterocycles. The molecule has 0 saturated carbocycles. The van der Waals surface area contributed by atoms with Crippen molar-refractivity contribution in [1.82, 2.24) is 40.1 Å². The van der Waals surface area contributed by atoms with Gasteiger partial charge < -0.3 is 49.6 Å². The van der Waals surface area contributed by atoms with Gasteiger partial charge in [0.05, 0.1) is 65.0 Å². The Morgan fingerprint density at radius 2 is 1.67 bits per heavy atom. The highest BCUT2D eigenvalue weighted by Gasteiger charge is 2.44. The summed E-state index contributed by atoms with van der Waals surface area (Å²) in [5.41, 5.74) is 7.53. The molecule has 3 aromatic carbocycles. The number of hydrogen-bond donors (Lipinski definition) is 4. The number of benzene rings is 3. The van der Waals surface area contributed by atoms with Gasteiger partial charge in [0.25, 0.3) is 0 Å². The molecule has 0 bridgehead atoms. The largest absolute Gasteiger partial charge is 0.494 e. The van der Waals surface area contributed by atoms with Crippen molar-refractivity contribution in [2.75, 3.05) is 81.8 Å². The number of aryl methyl sites for hydroxylation is 2. The van der Waals surface area contributed by atoms with Crippen LogP contribution in [-0.2, 0) is 18.9 Å². The van der Waals surface area contributed by atoms with E-state index in [9.17, 15) is 24.1 Å². The Balaban J connectivity index is 0.814. The lowest BCUT2D eigenvalue weighted by molar-refractivity contribution is -0.141. The number of aliphatic hydroxyl groups excluding tert-OH is 1. The topological polar surface area (TPSA) is 211 Å². The summed E-state index contributed by atoms with van der Waals surface area (Å²) in [6.07, 6.45) is 2.64. The molecule has 76 heavy (non-hydrogen) atoms. The van der Waals surface area contributed by atoms with E-state index in [-0.39, 0.29) is 37.1 Å². The van der Waals surface area contributed by atoms with Crippen LogP contribution < -0.4 is 30.9 Å². The Morgan fingerprint density at radius 1 is 0.934 bits per heavy atom. The average Bonchev–Trinajstić information content (AvgIpc) is 4.16. The molecule has 6 aromatic rings. The number of para-hydroxylation sites is 1. The van der Waals surface area contributed by atoms with Gasteiger partial charge in [0.1, 0.15) is 35.6 Å². The second-order valence-corrected chi connectivity index (χ2v) is 25.1. The van der Waals surface area contributed by atoms with Crippen molar-refractivity contribution in [3.05, 3.63) is 112 Å². The number of aromatic nitrogens is 4. The quantitative estimate of drug-likeness (QED) is 0.0632. The predicted molar refractivity (Wildman–Crippen MR) is 298 cm³/mol. The number of nitrogens with one attached hydrogen (secondary N) is 3. The molecule has 18 nitrogen and oxygen atoms in total. The van der Waals surface area contributed by atoms with E-state index in [4.69, 9.17) is 20.9 Å². The Bertz CT molecular complexity index is 3080. The van der Waals surface area contributed by atoms with E-state index in [1.807, 2.05) is 91.8 Å². The van der Waals surface area contributed by atoms with Gasteiger partial charge in [-0.2, -0.15) is 4.98 Å². The van der Waals surface area contributed by atoms with Crippen LogP contribution in [-0.4, -0.2) is 142 Å². The van der Waals surface area contributed by atoms with Crippen LogP contribution in [0.2, 0.25) is 5.02 Å². The molecular weight excluding hydrogens is 1030 g/mol. The number of likely N-dealkylation sites (tertiary alicyclic amines) is 1. The number of methoxy groups -OCH3 is 1. The molecule has 21 heteroatoms. The fraction of sp³-hybridized carbons (Fsp3) is 0.436. The lowest BCUT2D eigenvalue weighted by atomic mass is 9.91. The number of amides is 3. The number of piperidine rings is 1. The van der Waals surface area contributed by atoms with Crippen LogP contribution in [0.15, 0.2) is 89.0 Å². The van der Waals surface area contributed by atoms with Gasteiger partial charge in [0, 0.05) is 81.4 Å². The molecule has 0 radical (unpaired) electrons. The number of carbonyl (C=O) groups excluding carboxylic acids is 3. The maximum absolute atomic E-state index is 14.4. The first-order valence-electron chi connectivity index (χ1n) is 25.8. The van der Waals surface area contributed by atoms with Crippen molar-refractivity contribution in [2.24, 2.45) is 5.92 Å². The third-order valence-electron chi connectivity index (χ3n) is 14.7. The van der Waals surface area contributed by atoms with Crippen LogP contribution in [0, 0.1) is 19.8 Å². The zero-order valence-corrected chi connectivity index (χ0v) is 46.5. The van der Waals surface area contributed by atoms with Crippen molar-refractivity contribution < 1.29 is 33.3 Å². The number of aliphatic hydroxyl groups is 1. The number of ether oxygens (including phenoxy) is 1. The van der Waals surface area contributed by atoms with Crippen molar-refractivity contribution in [1.29, 1.82) is 0 Å². The Labute approximate surface area is 452 Å². The minimum absolute atomic E-state index is 0.00760. The molecule has 3 saturated heterocycles. The summed E-state index contributed by atoms with van der Waals surface area (Å²) in [5.74, 6) is 0.0829. The van der Waals surface area contributed by atoms with Crippen LogP contribution in [0.1, 0.15) is 74.2 Å². The second kappa shape index (κ2) is 23.5. The minimum Gasteiger partial charge on any atom is -0.494 e. The lowest BCUT2D eigenvalue weighted by Gasteiger charge is -2.43. The van der Waals surface area contributed by atoms with E-state index < -0.39 is 37.2 Å². The second-order valence-electron chi connectivity index (χ2n) is 20.7. The molecule has 4 N–H and O–H groups in total. The molecule has 3 fully saturated rings. The summed E-state index contributed by atoms with van der Waals surface area (Å²) < 4.78 is 24.4. The van der Waals surface area contributed by atoms with Crippen molar-refractivity contribution >= 4 is 81.9 Å². The van der Waals surface area contributed by atoms with E-state index in [2.05, 4.69) is 51.9 Å². The van der Waals surface area contributed by atoms with Gasteiger partial charge in [-0.3, -0.25) is 19.3 Å². The number of halogens is 1. The molecule has 1 unspecified atom stereocenters. The number of thiazole rings is 1. The van der Waals surface area contributed by atoms with E-state index in [0.717, 1.165) is 66.4 Å². The fourth-order valence-electron chi connectivity index (χ4n) is 10.6. The number of anilines is 5. The first kappa shape index (κ1) is 54.4. The highest BCUT2D eigenvalue weighted by molar-refractivity contribution is 7.70. The van der Waals surface area contributed by atoms with Crippen LogP contribution in [0.5, 0.6) is 5.75 Å². The summed E-state index contributed by atoms with van der Waals surface area (Å²) in [5, 5.41) is 25.6. The summed E-state index contributed by atoms with van der Waals surface area (Å²) in [7, 11) is -0.953. The molecule has 4 atom stereocenters. The number of rotatable bonds is 17. The Kier molecular flexibility index (Phi) is 16.8. The maximum Gasteiger partial charge on any atom is 0.243 e. The molecule has 3 aromatic heterocycles. The molecule has 9 rings (SSSR count).